The zero-order valence-electron chi connectivity index (χ0n) is 14.3. The molecule has 1 N–H and O–H groups in total. The van der Waals surface area contributed by atoms with E-state index in [9.17, 15) is 5.11 Å². The first kappa shape index (κ1) is 19.1. The first-order chi connectivity index (χ1) is 13.0. The third-order valence-corrected chi connectivity index (χ3v) is 4.66. The van der Waals surface area contributed by atoms with Crippen LogP contribution in [0.2, 0.25) is 10.0 Å². The molecular formula is C21H16Cl2N2O2. The van der Waals surface area contributed by atoms with Crippen molar-refractivity contribution in [3.63, 3.8) is 0 Å². The number of benzene rings is 1. The largest absolute Gasteiger partial charge is 0.383 e. The van der Waals surface area contributed by atoms with Gasteiger partial charge in [-0.25, -0.2) is 0 Å². The number of nitrogens with zero attached hydrogens (tertiary/aromatic N) is 2. The van der Waals surface area contributed by atoms with Gasteiger partial charge in [0.1, 0.15) is 11.8 Å². The number of hydrogen-bond donors (Lipinski definition) is 1. The molecule has 1 unspecified atom stereocenters. The van der Waals surface area contributed by atoms with Crippen LogP contribution in [0, 0.1) is 0 Å². The van der Waals surface area contributed by atoms with E-state index in [1.54, 1.807) is 61.0 Å². The summed E-state index contributed by atoms with van der Waals surface area (Å²) in [7, 11) is 0. The maximum atomic E-state index is 11.0. The predicted molar refractivity (Wildman–Crippen MR) is 109 cm³/mol. The third kappa shape index (κ3) is 4.03. The van der Waals surface area contributed by atoms with Gasteiger partial charge in [0.15, 0.2) is 5.76 Å². The number of aliphatic hydroxyl groups excluding tert-OH is 1. The summed E-state index contributed by atoms with van der Waals surface area (Å²) in [6.45, 7) is 7.64. The molecule has 0 aliphatic rings. The molecule has 0 fully saturated rings. The second-order valence-corrected chi connectivity index (χ2v) is 6.53. The Kier molecular flexibility index (Phi) is 5.91. The summed E-state index contributed by atoms with van der Waals surface area (Å²) in [6.07, 6.45) is 7.28. The summed E-state index contributed by atoms with van der Waals surface area (Å²) in [5.41, 5.74) is 2.74. The van der Waals surface area contributed by atoms with E-state index < -0.39 is 6.10 Å². The molecule has 3 rings (SSSR count). The van der Waals surface area contributed by atoms with Crippen molar-refractivity contribution >= 4 is 28.8 Å². The van der Waals surface area contributed by atoms with E-state index in [0.717, 1.165) is 0 Å². The van der Waals surface area contributed by atoms with Crippen LogP contribution in [0.25, 0.3) is 16.8 Å². The van der Waals surface area contributed by atoms with E-state index >= 15 is 0 Å². The Balaban J connectivity index is 2.17. The molecule has 0 saturated heterocycles. The molecule has 1 atom stereocenters. The van der Waals surface area contributed by atoms with Crippen molar-refractivity contribution in [3.8, 4) is 11.3 Å². The fourth-order valence-corrected chi connectivity index (χ4v) is 2.90. The van der Waals surface area contributed by atoms with Gasteiger partial charge in [-0.15, -0.1) is 0 Å². The van der Waals surface area contributed by atoms with Crippen molar-refractivity contribution in [1.29, 1.82) is 0 Å². The van der Waals surface area contributed by atoms with Gasteiger partial charge in [0.25, 0.3) is 0 Å². The number of pyridine rings is 1. The zero-order valence-corrected chi connectivity index (χ0v) is 15.8. The van der Waals surface area contributed by atoms with Gasteiger partial charge in [0.2, 0.25) is 0 Å². The number of allylic oxidation sites excluding steroid dienone is 4. The molecule has 3 aromatic rings. The van der Waals surface area contributed by atoms with Gasteiger partial charge >= 0.3 is 0 Å². The van der Waals surface area contributed by atoms with Crippen LogP contribution < -0.4 is 0 Å². The van der Waals surface area contributed by atoms with Crippen LogP contribution in [0.3, 0.4) is 0 Å². The molecule has 1 aromatic carbocycles. The van der Waals surface area contributed by atoms with Gasteiger partial charge in [0, 0.05) is 29.1 Å². The molecule has 0 bridgehead atoms. The van der Waals surface area contributed by atoms with Gasteiger partial charge in [-0.2, -0.15) is 0 Å². The SMILES string of the molecule is C=C/C=C\C(=C)c1onc(-c2ccc(Cl)c(Cl)c2)c1C(O)c1cccnc1. The minimum Gasteiger partial charge on any atom is -0.383 e. The van der Waals surface area contributed by atoms with Crippen LogP contribution in [0.5, 0.6) is 0 Å². The van der Waals surface area contributed by atoms with E-state index in [0.29, 0.717) is 43.8 Å². The Morgan fingerprint density at radius 2 is 2.04 bits per heavy atom. The molecule has 2 aromatic heterocycles. The highest BCUT2D eigenvalue weighted by Gasteiger charge is 2.26. The lowest BCUT2D eigenvalue weighted by atomic mass is 9.95. The summed E-state index contributed by atoms with van der Waals surface area (Å²) < 4.78 is 5.53. The normalized spacial score (nSPS) is 12.3. The van der Waals surface area contributed by atoms with Crippen LogP contribution in [0.15, 0.2) is 78.6 Å². The Labute approximate surface area is 167 Å². The van der Waals surface area contributed by atoms with Crippen molar-refractivity contribution in [2.75, 3.05) is 0 Å². The average Bonchev–Trinajstić information content (AvgIpc) is 3.13. The third-order valence-electron chi connectivity index (χ3n) is 3.92. The fraction of sp³-hybridized carbons (Fsp3) is 0.0476. The highest BCUT2D eigenvalue weighted by atomic mass is 35.5. The highest BCUT2D eigenvalue weighted by Crippen LogP contribution is 2.38. The van der Waals surface area contributed by atoms with E-state index in [-0.39, 0.29) is 0 Å². The highest BCUT2D eigenvalue weighted by molar-refractivity contribution is 6.42. The van der Waals surface area contributed by atoms with E-state index in [2.05, 4.69) is 23.3 Å². The van der Waals surface area contributed by atoms with Gasteiger partial charge in [-0.3, -0.25) is 4.98 Å². The molecule has 27 heavy (non-hydrogen) atoms. The molecule has 6 heteroatoms. The van der Waals surface area contributed by atoms with Crippen LogP contribution in [-0.4, -0.2) is 15.2 Å². The summed E-state index contributed by atoms with van der Waals surface area (Å²) in [6, 6.07) is 8.62. The molecule has 136 valence electrons. The van der Waals surface area contributed by atoms with E-state index in [4.69, 9.17) is 27.7 Å². The lowest BCUT2D eigenvalue weighted by Gasteiger charge is -2.13. The minimum atomic E-state index is -1.02. The molecule has 0 aliphatic carbocycles. The number of rotatable bonds is 6. The molecular weight excluding hydrogens is 383 g/mol. The lowest BCUT2D eigenvalue weighted by Crippen LogP contribution is -2.03. The molecule has 0 spiro atoms. The second-order valence-electron chi connectivity index (χ2n) is 5.71. The van der Waals surface area contributed by atoms with Crippen molar-refractivity contribution in [2.45, 2.75) is 6.10 Å². The van der Waals surface area contributed by atoms with Crippen molar-refractivity contribution in [1.82, 2.24) is 10.1 Å². The van der Waals surface area contributed by atoms with Gasteiger partial charge < -0.3 is 9.63 Å². The van der Waals surface area contributed by atoms with Crippen LogP contribution in [0.4, 0.5) is 0 Å². The maximum absolute atomic E-state index is 11.0. The minimum absolute atomic E-state index is 0.366. The molecule has 0 saturated carbocycles. The first-order valence-electron chi connectivity index (χ1n) is 8.04. The quantitative estimate of drug-likeness (QED) is 0.526. The van der Waals surface area contributed by atoms with Gasteiger partial charge in [-0.1, -0.05) is 71.9 Å². The maximum Gasteiger partial charge on any atom is 0.173 e. The van der Waals surface area contributed by atoms with Crippen molar-refractivity contribution in [2.24, 2.45) is 0 Å². The molecule has 4 nitrogen and oxygen atoms in total. The van der Waals surface area contributed by atoms with E-state index in [1.807, 2.05) is 0 Å². The standard InChI is InChI=1S/C21H16Cl2N2O2/c1-3-4-6-13(2)21-18(20(26)15-7-5-10-24-12-15)19(25-27-21)14-8-9-16(22)17(23)11-14/h3-12,20,26H,1-2H2/b6-4-. The van der Waals surface area contributed by atoms with Crippen molar-refractivity contribution in [3.05, 3.63) is 101 Å². The fourth-order valence-electron chi connectivity index (χ4n) is 2.60. The molecule has 2 heterocycles. The molecule has 0 aliphatic heterocycles. The van der Waals surface area contributed by atoms with E-state index in [1.165, 1.54) is 0 Å². The summed E-state index contributed by atoms with van der Waals surface area (Å²) in [4.78, 5) is 4.07. The van der Waals surface area contributed by atoms with Crippen LogP contribution in [0.1, 0.15) is 23.0 Å². The smallest absolute Gasteiger partial charge is 0.173 e. The van der Waals surface area contributed by atoms with Crippen molar-refractivity contribution < 1.29 is 9.63 Å². The Morgan fingerprint density at radius 3 is 2.70 bits per heavy atom. The number of hydrogen-bond acceptors (Lipinski definition) is 4. The van der Waals surface area contributed by atoms with Crippen LogP contribution in [-0.2, 0) is 0 Å². The topological polar surface area (TPSA) is 59.2 Å². The lowest BCUT2D eigenvalue weighted by molar-refractivity contribution is 0.218. The Bertz CT molecular complexity index is 1010. The molecule has 0 amide bonds. The Hall–Kier alpha value is -2.66. The number of aliphatic hydroxyl groups is 1. The number of halogens is 2. The summed E-state index contributed by atoms with van der Waals surface area (Å²) >= 11 is 12.2. The zero-order chi connectivity index (χ0) is 19.4. The summed E-state index contributed by atoms with van der Waals surface area (Å²) in [5, 5.41) is 16.0. The first-order valence-corrected chi connectivity index (χ1v) is 8.80. The monoisotopic (exact) mass is 398 g/mol. The average molecular weight is 399 g/mol. The molecule has 0 radical (unpaired) electrons. The second kappa shape index (κ2) is 8.35. The van der Waals surface area contributed by atoms with Gasteiger partial charge in [0.05, 0.1) is 15.6 Å². The number of aromatic nitrogens is 2. The van der Waals surface area contributed by atoms with Gasteiger partial charge in [-0.05, 0) is 18.2 Å². The Morgan fingerprint density at radius 1 is 1.22 bits per heavy atom. The summed E-state index contributed by atoms with van der Waals surface area (Å²) in [5.74, 6) is 0.366. The van der Waals surface area contributed by atoms with Crippen LogP contribution >= 0.6 is 23.2 Å². The predicted octanol–water partition coefficient (Wildman–Crippen LogP) is 5.88.